The number of fused-ring (bicyclic) bond motifs is 2. The summed E-state index contributed by atoms with van der Waals surface area (Å²) in [4.78, 5) is 15.1. The molecule has 0 radical (unpaired) electrons. The van der Waals surface area contributed by atoms with Gasteiger partial charge in [0.25, 0.3) is 0 Å². The summed E-state index contributed by atoms with van der Waals surface area (Å²) in [5.74, 6) is 0.517. The van der Waals surface area contributed by atoms with Crippen molar-refractivity contribution in [1.82, 2.24) is 20.9 Å². The van der Waals surface area contributed by atoms with Crippen LogP contribution in [0.25, 0.3) is 0 Å². The molecule has 21 heavy (non-hydrogen) atoms. The molecule has 1 amide bonds. The molecule has 4 fully saturated rings. The molecule has 4 N–H and O–H groups in total. The number of carbonyl (C=O) groups is 1. The van der Waals surface area contributed by atoms with Crippen molar-refractivity contribution in [2.45, 2.75) is 69.7 Å². The fraction of sp³-hybridized carbons (Fsp3) is 0.933. The van der Waals surface area contributed by atoms with Crippen LogP contribution in [0.2, 0.25) is 0 Å². The lowest BCUT2D eigenvalue weighted by Gasteiger charge is -2.47. The van der Waals surface area contributed by atoms with Gasteiger partial charge < -0.3 is 15.7 Å². The number of hydrogen-bond donors (Lipinski definition) is 4. The van der Waals surface area contributed by atoms with Gasteiger partial charge >= 0.3 is 0 Å². The predicted octanol–water partition coefficient (Wildman–Crippen LogP) is -0.451. The van der Waals surface area contributed by atoms with Crippen LogP contribution in [0, 0.1) is 11.8 Å². The van der Waals surface area contributed by atoms with Gasteiger partial charge in [0.15, 0.2) is 0 Å². The molecule has 4 rings (SSSR count). The summed E-state index contributed by atoms with van der Waals surface area (Å²) in [6, 6.07) is 0.641. The zero-order valence-corrected chi connectivity index (χ0v) is 12.6. The smallest absolute Gasteiger partial charge is 0.226 e. The summed E-state index contributed by atoms with van der Waals surface area (Å²) in [5, 5.41) is 20.3. The number of carbonyl (C=O) groups excluding carboxylic acids is 1. The third-order valence-electron chi connectivity index (χ3n) is 5.59. The molecule has 1 saturated carbocycles. The molecular formula is C15H26N4O2. The fourth-order valence-electron chi connectivity index (χ4n) is 4.40. The largest absolute Gasteiger partial charge is 0.379 e. The van der Waals surface area contributed by atoms with Crippen molar-refractivity contribution >= 4 is 5.91 Å². The Hall–Kier alpha value is -0.690. The molecule has 0 bridgehead atoms. The lowest BCUT2D eigenvalue weighted by Crippen LogP contribution is -2.68. The first-order valence-corrected chi connectivity index (χ1v) is 8.40. The van der Waals surface area contributed by atoms with Crippen molar-refractivity contribution in [2.75, 3.05) is 6.54 Å². The average Bonchev–Trinajstić information content (AvgIpc) is 3.27. The van der Waals surface area contributed by atoms with Crippen LogP contribution in [0.1, 0.15) is 39.0 Å². The third-order valence-corrected chi connectivity index (χ3v) is 5.59. The van der Waals surface area contributed by atoms with Gasteiger partial charge in [0.05, 0.1) is 24.3 Å². The quantitative estimate of drug-likeness (QED) is 0.527. The van der Waals surface area contributed by atoms with Crippen molar-refractivity contribution < 1.29 is 9.90 Å². The number of piperidine rings is 2. The van der Waals surface area contributed by atoms with E-state index in [1.54, 1.807) is 0 Å². The van der Waals surface area contributed by atoms with Gasteiger partial charge in [-0.25, -0.2) is 0 Å². The van der Waals surface area contributed by atoms with E-state index in [2.05, 4.69) is 27.8 Å². The summed E-state index contributed by atoms with van der Waals surface area (Å²) >= 11 is 0. The summed E-state index contributed by atoms with van der Waals surface area (Å²) < 4.78 is 0. The van der Waals surface area contributed by atoms with Crippen LogP contribution in [0.15, 0.2) is 0 Å². The number of hydrogen-bond acceptors (Lipinski definition) is 5. The first-order valence-electron chi connectivity index (χ1n) is 8.40. The van der Waals surface area contributed by atoms with Gasteiger partial charge in [-0.05, 0) is 44.6 Å². The maximum atomic E-state index is 12.7. The molecule has 1 aliphatic carbocycles. The van der Waals surface area contributed by atoms with Gasteiger partial charge in [0.2, 0.25) is 5.91 Å². The van der Waals surface area contributed by atoms with E-state index in [1.165, 1.54) is 12.8 Å². The first kappa shape index (κ1) is 13.9. The normalized spacial score (nSPS) is 48.0. The molecule has 0 spiro atoms. The van der Waals surface area contributed by atoms with E-state index in [0.29, 0.717) is 12.5 Å². The number of aliphatic hydroxyl groups excluding tert-OH is 1. The van der Waals surface area contributed by atoms with E-state index in [4.69, 9.17) is 0 Å². The summed E-state index contributed by atoms with van der Waals surface area (Å²) in [6.07, 6.45) is 4.81. The Bertz CT molecular complexity index is 428. The molecule has 4 aliphatic rings. The van der Waals surface area contributed by atoms with E-state index in [-0.39, 0.29) is 36.1 Å². The van der Waals surface area contributed by atoms with Crippen LogP contribution < -0.4 is 16.0 Å². The third kappa shape index (κ3) is 2.38. The van der Waals surface area contributed by atoms with Crippen LogP contribution >= 0.6 is 0 Å². The van der Waals surface area contributed by atoms with E-state index in [1.807, 2.05) is 0 Å². The van der Waals surface area contributed by atoms with Crippen LogP contribution in [0.3, 0.4) is 0 Å². The van der Waals surface area contributed by atoms with Gasteiger partial charge in [-0.3, -0.25) is 15.0 Å². The number of nitrogens with zero attached hydrogens (tertiary/aromatic N) is 1. The Balaban J connectivity index is 1.69. The van der Waals surface area contributed by atoms with E-state index < -0.39 is 6.23 Å². The summed E-state index contributed by atoms with van der Waals surface area (Å²) in [6.45, 7) is 3.11. The SMILES string of the molecule is CC1CC(O)NC2C1NC(=O)C1CCCNC1N2C1CC1. The molecular weight excluding hydrogens is 268 g/mol. The van der Waals surface area contributed by atoms with Gasteiger partial charge in [-0.15, -0.1) is 0 Å². The minimum absolute atomic E-state index is 0.0380. The topological polar surface area (TPSA) is 76.6 Å². The molecule has 6 heteroatoms. The van der Waals surface area contributed by atoms with Crippen molar-refractivity contribution in [2.24, 2.45) is 11.8 Å². The molecule has 118 valence electrons. The predicted molar refractivity (Wildman–Crippen MR) is 78.0 cm³/mol. The monoisotopic (exact) mass is 294 g/mol. The second-order valence-corrected chi connectivity index (χ2v) is 7.20. The highest BCUT2D eigenvalue weighted by molar-refractivity contribution is 5.80. The van der Waals surface area contributed by atoms with Crippen LogP contribution in [-0.4, -0.2) is 53.1 Å². The van der Waals surface area contributed by atoms with E-state index in [0.717, 1.165) is 19.4 Å². The van der Waals surface area contributed by atoms with Crippen molar-refractivity contribution in [3.8, 4) is 0 Å². The van der Waals surface area contributed by atoms with E-state index >= 15 is 0 Å². The maximum absolute atomic E-state index is 12.7. The van der Waals surface area contributed by atoms with E-state index in [9.17, 15) is 9.90 Å². The molecule has 6 unspecified atom stereocenters. The molecule has 6 atom stereocenters. The highest BCUT2D eigenvalue weighted by Crippen LogP contribution is 2.38. The highest BCUT2D eigenvalue weighted by Gasteiger charge is 2.52. The van der Waals surface area contributed by atoms with Crippen LogP contribution in [-0.2, 0) is 4.79 Å². The molecule has 0 aromatic carbocycles. The minimum atomic E-state index is -0.473. The molecule has 0 aromatic rings. The Labute approximate surface area is 125 Å². The fourth-order valence-corrected chi connectivity index (χ4v) is 4.40. The number of rotatable bonds is 1. The summed E-state index contributed by atoms with van der Waals surface area (Å²) in [5.41, 5.74) is 0. The first-order chi connectivity index (χ1) is 10.1. The Morgan fingerprint density at radius 2 is 2.05 bits per heavy atom. The maximum Gasteiger partial charge on any atom is 0.226 e. The number of aliphatic hydroxyl groups is 1. The number of nitrogens with one attached hydrogen (secondary N) is 3. The molecule has 3 saturated heterocycles. The van der Waals surface area contributed by atoms with Crippen LogP contribution in [0.4, 0.5) is 0 Å². The number of amides is 1. The summed E-state index contributed by atoms with van der Waals surface area (Å²) in [7, 11) is 0. The van der Waals surface area contributed by atoms with Crippen molar-refractivity contribution in [3.05, 3.63) is 0 Å². The highest BCUT2D eigenvalue weighted by atomic mass is 16.3. The zero-order valence-electron chi connectivity index (χ0n) is 12.6. The Morgan fingerprint density at radius 3 is 2.81 bits per heavy atom. The van der Waals surface area contributed by atoms with Gasteiger partial charge in [-0.1, -0.05) is 6.92 Å². The van der Waals surface area contributed by atoms with Crippen LogP contribution in [0.5, 0.6) is 0 Å². The van der Waals surface area contributed by atoms with Gasteiger partial charge in [0.1, 0.15) is 6.23 Å². The lowest BCUT2D eigenvalue weighted by atomic mass is 9.90. The Kier molecular flexibility index (Phi) is 3.45. The van der Waals surface area contributed by atoms with Gasteiger partial charge in [-0.2, -0.15) is 0 Å². The Morgan fingerprint density at radius 1 is 1.24 bits per heavy atom. The molecule has 0 aromatic heterocycles. The van der Waals surface area contributed by atoms with Gasteiger partial charge in [0, 0.05) is 6.04 Å². The minimum Gasteiger partial charge on any atom is -0.379 e. The van der Waals surface area contributed by atoms with Crippen molar-refractivity contribution in [3.63, 3.8) is 0 Å². The zero-order chi connectivity index (χ0) is 14.6. The average molecular weight is 294 g/mol. The molecule has 6 nitrogen and oxygen atoms in total. The standard InChI is InChI=1S/C15H26N4O2/c1-8-7-11(20)17-14-12(8)18-15(21)10-3-2-6-16-13(10)19(14)9-4-5-9/h8-14,16-17,20H,2-7H2,1H3,(H,18,21). The molecule has 3 heterocycles. The lowest BCUT2D eigenvalue weighted by molar-refractivity contribution is -0.127. The molecule has 3 aliphatic heterocycles. The second kappa shape index (κ2) is 5.19. The van der Waals surface area contributed by atoms with Crippen molar-refractivity contribution in [1.29, 1.82) is 0 Å². The second-order valence-electron chi connectivity index (χ2n) is 7.20.